The topological polar surface area (TPSA) is 59.5 Å². The van der Waals surface area contributed by atoms with Crippen molar-refractivity contribution < 1.29 is 14.3 Å². The molecule has 6 heteroatoms. The number of carbonyl (C=O) groups is 2. The zero-order valence-electron chi connectivity index (χ0n) is 17.8. The Morgan fingerprint density at radius 1 is 1.17 bits per heavy atom. The number of likely N-dealkylation sites (N-methyl/N-ethyl adjacent to an activating group) is 1. The van der Waals surface area contributed by atoms with Crippen LogP contribution in [0, 0.1) is 23.2 Å². The van der Waals surface area contributed by atoms with E-state index in [2.05, 4.69) is 4.98 Å². The van der Waals surface area contributed by atoms with E-state index >= 15 is 0 Å². The molecule has 6 rings (SSSR count). The van der Waals surface area contributed by atoms with Gasteiger partial charge in [-0.05, 0) is 80.8 Å². The minimum atomic E-state index is -0.202. The number of benzene rings is 1. The summed E-state index contributed by atoms with van der Waals surface area (Å²) in [6, 6.07) is 7.83. The minimum Gasteiger partial charge on any atom is -0.456 e. The van der Waals surface area contributed by atoms with Crippen molar-refractivity contribution >= 4 is 33.4 Å². The molecular weight excluding hydrogens is 396 g/mol. The van der Waals surface area contributed by atoms with E-state index in [1.807, 2.05) is 31.2 Å². The third-order valence-electron chi connectivity index (χ3n) is 7.68. The van der Waals surface area contributed by atoms with Crippen LogP contribution in [0.4, 0.5) is 0 Å². The van der Waals surface area contributed by atoms with E-state index in [4.69, 9.17) is 4.74 Å². The Balaban J connectivity index is 1.16. The summed E-state index contributed by atoms with van der Waals surface area (Å²) in [6.45, 7) is 1.78. The van der Waals surface area contributed by atoms with Crippen LogP contribution in [0.25, 0.3) is 10.2 Å². The Bertz CT molecular complexity index is 900. The van der Waals surface area contributed by atoms with Crippen molar-refractivity contribution in [3.05, 3.63) is 29.3 Å². The highest BCUT2D eigenvalue weighted by molar-refractivity contribution is 7.18. The zero-order valence-corrected chi connectivity index (χ0v) is 18.6. The molecule has 0 N–H and O–H groups in total. The number of aromatic nitrogens is 1. The first-order chi connectivity index (χ1) is 14.4. The average Bonchev–Trinajstić information content (AvgIpc) is 3.13. The molecule has 1 aromatic carbocycles. The smallest absolute Gasteiger partial charge is 0.306 e. The van der Waals surface area contributed by atoms with Gasteiger partial charge in [0.1, 0.15) is 5.01 Å². The quantitative estimate of drug-likeness (QED) is 0.612. The fraction of sp³-hybridized carbons (Fsp3) is 0.625. The third-order valence-corrected chi connectivity index (χ3v) is 8.89. The van der Waals surface area contributed by atoms with Crippen molar-refractivity contribution in [1.29, 1.82) is 0 Å². The Labute approximate surface area is 181 Å². The molecule has 4 aliphatic rings. The van der Waals surface area contributed by atoms with Crippen LogP contribution in [0.3, 0.4) is 0 Å². The molecule has 1 amide bonds. The van der Waals surface area contributed by atoms with Crippen LogP contribution in [0.15, 0.2) is 24.3 Å². The largest absolute Gasteiger partial charge is 0.456 e. The van der Waals surface area contributed by atoms with E-state index in [9.17, 15) is 9.59 Å². The minimum absolute atomic E-state index is 0.148. The van der Waals surface area contributed by atoms with E-state index < -0.39 is 0 Å². The summed E-state index contributed by atoms with van der Waals surface area (Å²) in [5, 5.41) is 0.895. The van der Waals surface area contributed by atoms with Gasteiger partial charge in [0.25, 0.3) is 5.91 Å². The van der Waals surface area contributed by atoms with Gasteiger partial charge >= 0.3 is 5.97 Å². The van der Waals surface area contributed by atoms with Gasteiger partial charge in [0.05, 0.1) is 22.7 Å². The van der Waals surface area contributed by atoms with Crippen molar-refractivity contribution in [1.82, 2.24) is 9.88 Å². The summed E-state index contributed by atoms with van der Waals surface area (Å²) in [6.07, 6.45) is 8.11. The summed E-state index contributed by atoms with van der Waals surface area (Å²) >= 11 is 1.60. The second-order valence-corrected chi connectivity index (χ2v) is 11.0. The van der Waals surface area contributed by atoms with Gasteiger partial charge in [-0.25, -0.2) is 4.98 Å². The fourth-order valence-electron chi connectivity index (χ4n) is 6.56. The summed E-state index contributed by atoms with van der Waals surface area (Å²) in [5.41, 5.74) is 1.10. The number of carbonyl (C=O) groups excluding carboxylic acids is 2. The molecule has 30 heavy (non-hydrogen) atoms. The number of hydrogen-bond acceptors (Lipinski definition) is 5. The molecule has 1 atom stereocenters. The molecule has 4 fully saturated rings. The van der Waals surface area contributed by atoms with Gasteiger partial charge < -0.3 is 9.64 Å². The second-order valence-electron chi connectivity index (χ2n) is 9.96. The first kappa shape index (κ1) is 20.0. The normalized spacial score (nSPS) is 30.4. The van der Waals surface area contributed by atoms with Gasteiger partial charge in [-0.15, -0.1) is 11.3 Å². The van der Waals surface area contributed by atoms with E-state index in [0.29, 0.717) is 6.42 Å². The van der Waals surface area contributed by atoms with Crippen LogP contribution >= 0.6 is 11.3 Å². The molecule has 0 spiro atoms. The van der Waals surface area contributed by atoms with Gasteiger partial charge in [0.15, 0.2) is 6.61 Å². The summed E-state index contributed by atoms with van der Waals surface area (Å²) in [5.74, 6) is 2.05. The SMILES string of the molecule is C[C@H](c1nc2ccccc2s1)N(C)C(=O)COC(=O)CC12CC3CC(CC(C3)C1)C2. The Morgan fingerprint density at radius 3 is 2.43 bits per heavy atom. The van der Waals surface area contributed by atoms with Gasteiger partial charge in [-0.1, -0.05) is 12.1 Å². The number of rotatable bonds is 6. The standard InChI is InChI=1S/C24H30N2O3S/c1-15(23-25-19-5-3-4-6-20(19)30-23)26(2)21(27)14-29-22(28)13-24-10-16-7-17(11-24)9-18(8-16)12-24/h3-6,15-18H,7-14H2,1-2H3/t15-,16?,17?,18?,24?/m1/s1. The lowest BCUT2D eigenvalue weighted by atomic mass is 9.49. The number of para-hydroxylation sites is 1. The highest BCUT2D eigenvalue weighted by atomic mass is 32.1. The molecule has 4 bridgehead atoms. The van der Waals surface area contributed by atoms with Crippen LogP contribution in [0.2, 0.25) is 0 Å². The highest BCUT2D eigenvalue weighted by Gasteiger charge is 2.51. The number of hydrogen-bond donors (Lipinski definition) is 0. The third kappa shape index (κ3) is 3.75. The van der Waals surface area contributed by atoms with Gasteiger partial charge in [-0.2, -0.15) is 0 Å². The molecule has 160 valence electrons. The van der Waals surface area contributed by atoms with E-state index in [1.165, 1.54) is 38.5 Å². The highest BCUT2D eigenvalue weighted by Crippen LogP contribution is 2.61. The van der Waals surface area contributed by atoms with Crippen molar-refractivity contribution in [3.8, 4) is 0 Å². The van der Waals surface area contributed by atoms with E-state index in [1.54, 1.807) is 23.3 Å². The summed E-state index contributed by atoms with van der Waals surface area (Å²) < 4.78 is 6.57. The lowest BCUT2D eigenvalue weighted by molar-refractivity contribution is -0.158. The van der Waals surface area contributed by atoms with E-state index in [-0.39, 0.29) is 29.9 Å². The molecule has 5 nitrogen and oxygen atoms in total. The lowest BCUT2D eigenvalue weighted by Crippen LogP contribution is -2.47. The van der Waals surface area contributed by atoms with Gasteiger partial charge in [0, 0.05) is 7.05 Å². The fourth-order valence-corrected chi connectivity index (χ4v) is 7.62. The van der Waals surface area contributed by atoms with Gasteiger partial charge in [0.2, 0.25) is 0 Å². The number of ether oxygens (including phenoxy) is 1. The first-order valence-electron chi connectivity index (χ1n) is 11.2. The maximum absolute atomic E-state index is 12.7. The number of nitrogens with zero attached hydrogens (tertiary/aromatic N) is 2. The van der Waals surface area contributed by atoms with Crippen molar-refractivity contribution in [2.45, 2.75) is 57.9 Å². The molecule has 4 saturated carbocycles. The predicted molar refractivity (Wildman–Crippen MR) is 117 cm³/mol. The summed E-state index contributed by atoms with van der Waals surface area (Å²) in [4.78, 5) is 31.6. The second kappa shape index (κ2) is 7.63. The van der Waals surface area contributed by atoms with Crippen LogP contribution < -0.4 is 0 Å². The molecule has 2 aromatic rings. The Kier molecular flexibility index (Phi) is 5.08. The Morgan fingerprint density at radius 2 is 1.80 bits per heavy atom. The van der Waals surface area contributed by atoms with E-state index in [0.717, 1.165) is 33.0 Å². The predicted octanol–water partition coefficient (Wildman–Crippen LogP) is 4.97. The first-order valence-corrected chi connectivity index (χ1v) is 12.0. The van der Waals surface area contributed by atoms with Crippen molar-refractivity contribution in [2.24, 2.45) is 23.2 Å². The zero-order chi connectivity index (χ0) is 20.9. The van der Waals surface area contributed by atoms with Crippen LogP contribution in [0.5, 0.6) is 0 Å². The average molecular weight is 427 g/mol. The molecule has 4 aliphatic carbocycles. The van der Waals surface area contributed by atoms with Gasteiger partial charge in [-0.3, -0.25) is 9.59 Å². The van der Waals surface area contributed by atoms with Crippen molar-refractivity contribution in [3.63, 3.8) is 0 Å². The van der Waals surface area contributed by atoms with Crippen LogP contribution in [0.1, 0.15) is 62.9 Å². The molecule has 0 saturated heterocycles. The van der Waals surface area contributed by atoms with Crippen molar-refractivity contribution in [2.75, 3.05) is 13.7 Å². The number of amides is 1. The molecule has 0 radical (unpaired) electrons. The number of thiazole rings is 1. The maximum atomic E-state index is 12.7. The lowest BCUT2D eigenvalue weighted by Gasteiger charge is -2.56. The summed E-state index contributed by atoms with van der Waals surface area (Å²) in [7, 11) is 1.76. The molecule has 0 unspecified atom stereocenters. The molecule has 0 aliphatic heterocycles. The number of esters is 1. The number of fused-ring (bicyclic) bond motifs is 1. The maximum Gasteiger partial charge on any atom is 0.306 e. The Hall–Kier alpha value is -1.95. The molecular formula is C24H30N2O3S. The molecule has 1 aromatic heterocycles. The molecule has 1 heterocycles. The van der Waals surface area contributed by atoms with Crippen LogP contribution in [-0.2, 0) is 14.3 Å². The van der Waals surface area contributed by atoms with Crippen LogP contribution in [-0.4, -0.2) is 35.4 Å². The monoisotopic (exact) mass is 426 g/mol.